The van der Waals surface area contributed by atoms with Gasteiger partial charge in [-0.3, -0.25) is 0 Å². The fraction of sp³-hybridized carbons (Fsp3) is 0.125. The summed E-state index contributed by atoms with van der Waals surface area (Å²) >= 11 is -1.72. The van der Waals surface area contributed by atoms with Crippen LogP contribution in [0.3, 0.4) is 0 Å². The van der Waals surface area contributed by atoms with Crippen LogP contribution in [-0.4, -0.2) is 16.5 Å². The van der Waals surface area contributed by atoms with Gasteiger partial charge < -0.3 is 0 Å². The van der Waals surface area contributed by atoms with Crippen molar-refractivity contribution in [2.24, 2.45) is 0 Å². The number of aliphatic hydroxyl groups is 1. The summed E-state index contributed by atoms with van der Waals surface area (Å²) in [5.74, 6) is 0.942. The van der Waals surface area contributed by atoms with Crippen molar-refractivity contribution in [3.8, 4) is 5.75 Å². The van der Waals surface area contributed by atoms with E-state index in [0.717, 1.165) is 11.3 Å². The number of hydrogen-bond donors (Lipinski definition) is 0. The maximum absolute atomic E-state index is 5.75. The summed E-state index contributed by atoms with van der Waals surface area (Å²) in [4.78, 5) is 0. The Balaban J connectivity index is 3.05. The van der Waals surface area contributed by atoms with Gasteiger partial charge in [0.25, 0.3) is 0 Å². The van der Waals surface area contributed by atoms with Gasteiger partial charge in [-0.25, -0.2) is 0 Å². The summed E-state index contributed by atoms with van der Waals surface area (Å²) in [6.07, 6.45) is 0. The summed E-state index contributed by atoms with van der Waals surface area (Å²) in [5, 5.41) is 0. The van der Waals surface area contributed by atoms with Crippen molar-refractivity contribution in [2.75, 3.05) is 7.11 Å². The minimum absolute atomic E-state index is 0.942. The molecule has 0 saturated heterocycles. The third-order valence-electron chi connectivity index (χ3n) is 1.36. The molecule has 1 aromatic carbocycles. The zero-order valence-electron chi connectivity index (χ0n) is 6.44. The topological polar surface area (TPSA) is 12.8 Å². The molecule has 68 valence electrons. The monoisotopic (exact) mass is 293 g/mol. The third-order valence-corrected chi connectivity index (χ3v) is 3.20. The molecule has 0 spiro atoms. The van der Waals surface area contributed by atoms with E-state index < -0.39 is 13.5 Å². The van der Waals surface area contributed by atoms with Crippen LogP contribution >= 0.6 is 19.4 Å². The fourth-order valence-corrected chi connectivity index (χ4v) is 2.68. The molecule has 0 aromatic heterocycles. The standard InChI is InChI=1S/C8H8O.2ClH.Ru/c1-7-5-3-4-6-8(7)9-2;;;/h1,3-6H,2H3;2*1H;/q;;;+2/p-1. The Morgan fingerprint density at radius 1 is 1.33 bits per heavy atom. The average molecular weight is 293 g/mol. The Bertz CT molecular complexity index is 295. The number of hydrogen-bond acceptors (Lipinski definition) is 0. The van der Waals surface area contributed by atoms with Gasteiger partial charge in [0.1, 0.15) is 0 Å². The molecule has 0 heterocycles. The van der Waals surface area contributed by atoms with Gasteiger partial charge in [-0.1, -0.05) is 0 Å². The van der Waals surface area contributed by atoms with Crippen LogP contribution in [0.2, 0.25) is 0 Å². The molecular formula is C8H9Cl2ORu+. The van der Waals surface area contributed by atoms with E-state index in [9.17, 15) is 0 Å². The van der Waals surface area contributed by atoms with Gasteiger partial charge in [-0.2, -0.15) is 0 Å². The van der Waals surface area contributed by atoms with E-state index >= 15 is 0 Å². The zero-order chi connectivity index (χ0) is 8.97. The predicted molar refractivity (Wildman–Crippen MR) is 50.9 cm³/mol. The van der Waals surface area contributed by atoms with Crippen LogP contribution in [0.4, 0.5) is 0 Å². The van der Waals surface area contributed by atoms with E-state index in [0.29, 0.717) is 0 Å². The van der Waals surface area contributed by atoms with Gasteiger partial charge in [0.2, 0.25) is 0 Å². The average Bonchev–Trinajstić information content (AvgIpc) is 2.04. The second kappa shape index (κ2) is 4.96. The Morgan fingerprint density at radius 3 is 2.58 bits per heavy atom. The van der Waals surface area contributed by atoms with Gasteiger partial charge in [-0.05, 0) is 0 Å². The normalized spacial score (nSPS) is 10.8. The van der Waals surface area contributed by atoms with E-state index in [-0.39, 0.29) is 0 Å². The van der Waals surface area contributed by atoms with Crippen molar-refractivity contribution >= 4 is 24.0 Å². The zero-order valence-corrected chi connectivity index (χ0v) is 9.69. The Labute approximate surface area is 84.8 Å². The molecule has 0 aliphatic rings. The molecule has 1 N–H and O–H groups in total. The molecule has 1 aromatic rings. The number of halogens is 2. The Hall–Kier alpha value is 0.0934. The first-order valence-electron chi connectivity index (χ1n) is 3.26. The number of para-hydroxylation sites is 1. The first kappa shape index (κ1) is 10.2. The van der Waals surface area contributed by atoms with Crippen molar-refractivity contribution in [1.29, 1.82) is 0 Å². The Kier molecular flexibility index (Phi) is 4.21. The molecule has 12 heavy (non-hydrogen) atoms. The van der Waals surface area contributed by atoms with Crippen molar-refractivity contribution < 1.29 is 18.3 Å². The van der Waals surface area contributed by atoms with Crippen LogP contribution in [0, 0.1) is 0 Å². The first-order valence-corrected chi connectivity index (χ1v) is 8.74. The van der Waals surface area contributed by atoms with Crippen LogP contribution in [0.1, 0.15) is 5.56 Å². The molecule has 0 atom stereocenters. The summed E-state index contributed by atoms with van der Waals surface area (Å²) < 4.78 is 6.00. The summed E-state index contributed by atoms with van der Waals surface area (Å²) in [6.45, 7) is 0. The van der Waals surface area contributed by atoms with Crippen molar-refractivity contribution in [3.05, 3.63) is 29.8 Å². The Morgan fingerprint density at radius 2 is 2.00 bits per heavy atom. The first-order chi connectivity index (χ1) is 5.74. The van der Waals surface area contributed by atoms with E-state index in [1.54, 1.807) is 7.11 Å². The van der Waals surface area contributed by atoms with Crippen LogP contribution in [0.5, 0.6) is 5.75 Å². The predicted octanol–water partition coefficient (Wildman–Crippen LogP) is 2.63. The van der Waals surface area contributed by atoms with Gasteiger partial charge in [0.15, 0.2) is 0 Å². The quantitative estimate of drug-likeness (QED) is 0.587. The van der Waals surface area contributed by atoms with Crippen LogP contribution in [-0.2, 0) is 13.5 Å². The van der Waals surface area contributed by atoms with Crippen LogP contribution in [0.25, 0.3) is 0 Å². The van der Waals surface area contributed by atoms with Crippen LogP contribution < -0.4 is 0 Å². The molecule has 0 fully saturated rings. The molecule has 1 rings (SSSR count). The van der Waals surface area contributed by atoms with Gasteiger partial charge >= 0.3 is 84.9 Å². The molecule has 1 nitrogen and oxygen atoms in total. The van der Waals surface area contributed by atoms with Crippen LogP contribution in [0.15, 0.2) is 24.3 Å². The number of rotatable bonds is 2. The van der Waals surface area contributed by atoms with E-state index in [2.05, 4.69) is 4.74 Å². The van der Waals surface area contributed by atoms with Gasteiger partial charge in [0, 0.05) is 0 Å². The number of aromatic hydroxyl groups is 1. The summed E-state index contributed by atoms with van der Waals surface area (Å²) in [7, 11) is 13.3. The minimum atomic E-state index is -1.72. The van der Waals surface area contributed by atoms with Gasteiger partial charge in [0.05, 0.1) is 0 Å². The molecule has 0 saturated carbocycles. The fourth-order valence-electron chi connectivity index (χ4n) is 0.861. The molecule has 0 radical (unpaired) electrons. The van der Waals surface area contributed by atoms with Crippen molar-refractivity contribution in [3.63, 3.8) is 0 Å². The SMILES string of the molecule is C[OH+]c1ccccc1[CH]=[Ru]([Cl])[Cl]. The van der Waals surface area contributed by atoms with E-state index in [1.165, 1.54) is 0 Å². The molecule has 4 heteroatoms. The second-order valence-electron chi connectivity index (χ2n) is 2.09. The van der Waals surface area contributed by atoms with Crippen molar-refractivity contribution in [1.82, 2.24) is 0 Å². The molecule has 0 aliphatic heterocycles. The molecule has 0 unspecified atom stereocenters. The van der Waals surface area contributed by atoms with Crippen molar-refractivity contribution in [2.45, 2.75) is 0 Å². The molecule has 0 bridgehead atoms. The maximum atomic E-state index is 5.75. The molecule has 0 aliphatic carbocycles. The molecular weight excluding hydrogens is 284 g/mol. The summed E-state index contributed by atoms with van der Waals surface area (Å²) in [6, 6.07) is 7.80. The third kappa shape index (κ3) is 2.86. The second-order valence-corrected chi connectivity index (χ2v) is 7.81. The van der Waals surface area contributed by atoms with E-state index in [4.69, 9.17) is 19.4 Å². The van der Waals surface area contributed by atoms with Gasteiger partial charge in [-0.15, -0.1) is 0 Å². The number of benzene rings is 1. The number of ether oxygens (including phenoxy) is 1. The summed E-state index contributed by atoms with van der Waals surface area (Å²) in [5.41, 5.74) is 1.03. The molecule has 0 amide bonds. The van der Waals surface area contributed by atoms with E-state index in [1.807, 2.05) is 28.9 Å².